The van der Waals surface area contributed by atoms with Crippen LogP contribution < -0.4 is 20.5 Å². The molecular formula is C20H16IN3O6. The van der Waals surface area contributed by atoms with E-state index in [1.807, 2.05) is 27.9 Å². The number of amides is 3. The number of nitrogens with two attached hydrogens (primary N) is 1. The SMILES string of the molecule is COc1cc(/C=C(/C#N)C(=O)NC(N)=O)cc(I)c1OCc1cccc(C(=O)O)c1. The summed E-state index contributed by atoms with van der Waals surface area (Å²) >= 11 is 2.01. The molecule has 30 heavy (non-hydrogen) atoms. The first kappa shape index (κ1) is 22.7. The van der Waals surface area contributed by atoms with Crippen molar-refractivity contribution in [3.05, 3.63) is 62.2 Å². The number of nitriles is 1. The van der Waals surface area contributed by atoms with Gasteiger partial charge in [-0.3, -0.25) is 10.1 Å². The highest BCUT2D eigenvalue weighted by molar-refractivity contribution is 14.1. The molecule has 0 bridgehead atoms. The largest absolute Gasteiger partial charge is 0.493 e. The fraction of sp³-hybridized carbons (Fsp3) is 0.100. The van der Waals surface area contributed by atoms with Gasteiger partial charge in [-0.1, -0.05) is 12.1 Å². The highest BCUT2D eigenvalue weighted by Crippen LogP contribution is 2.35. The first-order valence-electron chi connectivity index (χ1n) is 8.30. The molecule has 0 saturated carbocycles. The van der Waals surface area contributed by atoms with Crippen LogP contribution in [0.4, 0.5) is 4.79 Å². The van der Waals surface area contributed by atoms with Gasteiger partial charge >= 0.3 is 12.0 Å². The van der Waals surface area contributed by atoms with Gasteiger partial charge in [-0.15, -0.1) is 0 Å². The Morgan fingerprint density at radius 2 is 2.03 bits per heavy atom. The lowest BCUT2D eigenvalue weighted by atomic mass is 10.1. The van der Waals surface area contributed by atoms with Crippen molar-refractivity contribution in [2.75, 3.05) is 7.11 Å². The maximum atomic E-state index is 11.8. The number of carbonyl (C=O) groups is 3. The lowest BCUT2D eigenvalue weighted by Crippen LogP contribution is -2.35. The van der Waals surface area contributed by atoms with Crippen LogP contribution in [0, 0.1) is 14.9 Å². The second-order valence-corrected chi connectivity index (χ2v) is 6.98. The fourth-order valence-electron chi connectivity index (χ4n) is 2.41. The van der Waals surface area contributed by atoms with Crippen LogP contribution in [0.1, 0.15) is 21.5 Å². The van der Waals surface area contributed by atoms with Gasteiger partial charge in [0.2, 0.25) is 0 Å². The Kier molecular flexibility index (Phi) is 7.76. The standard InChI is InChI=1S/C20H16IN3O6/c1-29-16-8-12(6-14(9-22)18(25)24-20(23)28)7-15(21)17(16)30-10-11-3-2-4-13(5-11)19(26)27/h2-8H,10H2,1H3,(H,26,27)(H3,23,24,25,28)/b14-6-. The van der Waals surface area contributed by atoms with Crippen LogP contribution in [0.5, 0.6) is 11.5 Å². The van der Waals surface area contributed by atoms with Gasteiger partial charge in [0.05, 0.1) is 16.2 Å². The Morgan fingerprint density at radius 1 is 1.30 bits per heavy atom. The molecule has 0 heterocycles. The van der Waals surface area contributed by atoms with Crippen molar-refractivity contribution < 1.29 is 29.0 Å². The van der Waals surface area contributed by atoms with Crippen LogP contribution in [0.3, 0.4) is 0 Å². The fourth-order valence-corrected chi connectivity index (χ4v) is 3.19. The van der Waals surface area contributed by atoms with E-state index < -0.39 is 17.9 Å². The predicted molar refractivity (Wildman–Crippen MR) is 115 cm³/mol. The zero-order chi connectivity index (χ0) is 22.3. The number of nitrogens with zero attached hydrogens (tertiary/aromatic N) is 1. The second-order valence-electron chi connectivity index (χ2n) is 5.82. The Balaban J connectivity index is 2.29. The number of aromatic carboxylic acids is 1. The first-order chi connectivity index (χ1) is 14.2. The number of urea groups is 1. The van der Waals surface area contributed by atoms with Gasteiger partial charge in [-0.25, -0.2) is 9.59 Å². The van der Waals surface area contributed by atoms with Crippen molar-refractivity contribution in [3.8, 4) is 17.6 Å². The molecule has 2 rings (SSSR count). The summed E-state index contributed by atoms with van der Waals surface area (Å²) in [6, 6.07) is 10.2. The minimum atomic E-state index is -1.07. The van der Waals surface area contributed by atoms with E-state index in [9.17, 15) is 14.4 Å². The molecule has 0 saturated heterocycles. The number of ether oxygens (including phenoxy) is 2. The number of carboxylic acids is 1. The van der Waals surface area contributed by atoms with Crippen LogP contribution in [0.25, 0.3) is 6.08 Å². The average Bonchev–Trinajstić information content (AvgIpc) is 2.70. The van der Waals surface area contributed by atoms with Crippen molar-refractivity contribution in [1.29, 1.82) is 5.26 Å². The van der Waals surface area contributed by atoms with Gasteiger partial charge in [0, 0.05) is 0 Å². The van der Waals surface area contributed by atoms with Crippen LogP contribution in [-0.2, 0) is 11.4 Å². The number of carbonyl (C=O) groups excluding carboxylic acids is 2. The predicted octanol–water partition coefficient (Wildman–Crippen LogP) is 2.68. The van der Waals surface area contributed by atoms with Crippen molar-refractivity contribution in [2.45, 2.75) is 6.61 Å². The van der Waals surface area contributed by atoms with Crippen LogP contribution in [-0.4, -0.2) is 30.1 Å². The molecule has 2 aromatic carbocycles. The molecular weight excluding hydrogens is 505 g/mol. The summed E-state index contributed by atoms with van der Waals surface area (Å²) in [4.78, 5) is 33.7. The number of hydrogen-bond donors (Lipinski definition) is 3. The Hall–Kier alpha value is -3.59. The normalized spacial score (nSPS) is 10.6. The number of methoxy groups -OCH3 is 1. The van der Waals surface area contributed by atoms with E-state index in [1.165, 1.54) is 25.3 Å². The van der Waals surface area contributed by atoms with Gasteiger partial charge < -0.3 is 20.3 Å². The van der Waals surface area contributed by atoms with Crippen LogP contribution in [0.15, 0.2) is 42.0 Å². The second kappa shape index (κ2) is 10.3. The molecule has 10 heteroatoms. The monoisotopic (exact) mass is 521 g/mol. The molecule has 0 aromatic heterocycles. The highest BCUT2D eigenvalue weighted by Gasteiger charge is 2.15. The van der Waals surface area contributed by atoms with E-state index in [1.54, 1.807) is 30.3 Å². The van der Waals surface area contributed by atoms with Crippen LogP contribution in [0.2, 0.25) is 0 Å². The molecule has 154 valence electrons. The summed E-state index contributed by atoms with van der Waals surface area (Å²) in [6.45, 7) is 0.104. The smallest absolute Gasteiger partial charge is 0.335 e. The molecule has 3 amide bonds. The van der Waals surface area contributed by atoms with Crippen LogP contribution >= 0.6 is 22.6 Å². The number of benzene rings is 2. The van der Waals surface area contributed by atoms with Crippen molar-refractivity contribution >= 4 is 46.6 Å². The van der Waals surface area contributed by atoms with Gasteiger partial charge in [-0.05, 0) is 64.1 Å². The average molecular weight is 521 g/mol. The topological polar surface area (TPSA) is 152 Å². The molecule has 0 fully saturated rings. The van der Waals surface area contributed by atoms with E-state index in [0.29, 0.717) is 26.2 Å². The number of halogens is 1. The Morgan fingerprint density at radius 3 is 2.63 bits per heavy atom. The summed E-state index contributed by atoms with van der Waals surface area (Å²) in [6.07, 6.45) is 1.28. The van der Waals surface area contributed by atoms with Crippen molar-refractivity contribution in [3.63, 3.8) is 0 Å². The van der Waals surface area contributed by atoms with E-state index in [0.717, 1.165) is 0 Å². The van der Waals surface area contributed by atoms with E-state index in [4.69, 9.17) is 25.6 Å². The highest BCUT2D eigenvalue weighted by atomic mass is 127. The minimum absolute atomic E-state index is 0.104. The molecule has 0 radical (unpaired) electrons. The quantitative estimate of drug-likeness (QED) is 0.288. The van der Waals surface area contributed by atoms with Gasteiger partial charge in [0.25, 0.3) is 5.91 Å². The summed E-state index contributed by atoms with van der Waals surface area (Å²) in [7, 11) is 1.43. The minimum Gasteiger partial charge on any atom is -0.493 e. The number of hydrogen-bond acceptors (Lipinski definition) is 6. The first-order valence-corrected chi connectivity index (χ1v) is 9.38. The third-order valence-corrected chi connectivity index (χ3v) is 4.52. The van der Waals surface area contributed by atoms with E-state index in [2.05, 4.69) is 0 Å². The summed E-state index contributed by atoms with van der Waals surface area (Å²) in [5.74, 6) is -1.20. The summed E-state index contributed by atoms with van der Waals surface area (Å²) < 4.78 is 11.8. The zero-order valence-electron chi connectivity index (χ0n) is 15.6. The molecule has 0 spiro atoms. The lowest BCUT2D eigenvalue weighted by Gasteiger charge is -2.14. The van der Waals surface area contributed by atoms with Crippen molar-refractivity contribution in [1.82, 2.24) is 5.32 Å². The maximum Gasteiger partial charge on any atom is 0.335 e. The maximum absolute atomic E-state index is 11.8. The van der Waals surface area contributed by atoms with Gasteiger partial charge in [0.1, 0.15) is 18.2 Å². The van der Waals surface area contributed by atoms with E-state index in [-0.39, 0.29) is 17.7 Å². The molecule has 0 aliphatic carbocycles. The number of primary amides is 1. The number of imide groups is 1. The zero-order valence-corrected chi connectivity index (χ0v) is 17.8. The Bertz CT molecular complexity index is 1070. The molecule has 4 N–H and O–H groups in total. The number of nitrogens with one attached hydrogen (secondary N) is 1. The third-order valence-electron chi connectivity index (χ3n) is 3.72. The van der Waals surface area contributed by atoms with E-state index >= 15 is 0 Å². The number of rotatable bonds is 7. The molecule has 0 aliphatic heterocycles. The molecule has 0 atom stereocenters. The Labute approximate surface area is 185 Å². The lowest BCUT2D eigenvalue weighted by molar-refractivity contribution is -0.115. The molecule has 0 unspecified atom stereocenters. The van der Waals surface area contributed by atoms with Gasteiger partial charge in [-0.2, -0.15) is 5.26 Å². The third kappa shape index (κ3) is 5.95. The summed E-state index contributed by atoms with van der Waals surface area (Å²) in [5, 5.41) is 20.1. The van der Waals surface area contributed by atoms with Gasteiger partial charge in [0.15, 0.2) is 11.5 Å². The molecule has 0 aliphatic rings. The molecule has 9 nitrogen and oxygen atoms in total. The molecule has 2 aromatic rings. The van der Waals surface area contributed by atoms with Crippen molar-refractivity contribution in [2.24, 2.45) is 5.73 Å². The number of carboxylic acid groups (broad SMARTS) is 1. The summed E-state index contributed by atoms with van der Waals surface area (Å²) in [5.41, 5.74) is 5.86.